The molecule has 2 amide bonds. The predicted octanol–water partition coefficient (Wildman–Crippen LogP) is 4.11. The number of likely N-dealkylation sites (tertiary alicyclic amines) is 1. The van der Waals surface area contributed by atoms with Gasteiger partial charge in [0, 0.05) is 36.8 Å². The first-order valence-electron chi connectivity index (χ1n) is 10.7. The number of hydrogen-bond acceptors (Lipinski definition) is 7. The third-order valence-electron chi connectivity index (χ3n) is 4.19. The summed E-state index contributed by atoms with van der Waals surface area (Å²) in [6.07, 6.45) is 6.65. The zero-order chi connectivity index (χ0) is 25.7. The first-order chi connectivity index (χ1) is 15.9. The number of ether oxygens (including phenoxy) is 2. The molecule has 34 heavy (non-hydrogen) atoms. The normalized spacial score (nSPS) is 13.3. The van der Waals surface area contributed by atoms with Crippen LogP contribution in [0.2, 0.25) is 0 Å². The lowest BCUT2D eigenvalue weighted by Gasteiger charge is -2.23. The molecule has 1 aliphatic heterocycles. The van der Waals surface area contributed by atoms with Gasteiger partial charge in [-0.2, -0.15) is 0 Å². The van der Waals surface area contributed by atoms with Crippen LogP contribution in [0.4, 0.5) is 10.7 Å². The van der Waals surface area contributed by atoms with Crippen LogP contribution in [-0.4, -0.2) is 59.3 Å². The van der Waals surface area contributed by atoms with Crippen molar-refractivity contribution < 1.29 is 19.1 Å². The van der Waals surface area contributed by atoms with Crippen LogP contribution in [0.25, 0.3) is 17.0 Å². The fraction of sp³-hybridized carbons (Fsp3) is 0.417. The molecule has 3 rings (SSSR count). The van der Waals surface area contributed by atoms with E-state index in [1.54, 1.807) is 18.2 Å². The molecule has 0 bridgehead atoms. The van der Waals surface area contributed by atoms with E-state index in [-0.39, 0.29) is 17.6 Å². The molecule has 1 aromatic carbocycles. The van der Waals surface area contributed by atoms with Crippen LogP contribution in [0.1, 0.15) is 39.2 Å². The van der Waals surface area contributed by atoms with Gasteiger partial charge in [0.15, 0.2) is 0 Å². The van der Waals surface area contributed by atoms with Crippen LogP contribution in [-0.2, 0) is 14.3 Å². The molecule has 1 saturated heterocycles. The smallest absolute Gasteiger partial charge is 0.410 e. The minimum Gasteiger partial charge on any atom is -0.444 e. The molecule has 1 aromatic heterocycles. The molecule has 0 saturated carbocycles. The maximum atomic E-state index is 11.4. The third-order valence-corrected chi connectivity index (χ3v) is 4.41. The lowest BCUT2D eigenvalue weighted by atomic mass is 10.1. The number of anilines is 1. The van der Waals surface area contributed by atoms with Crippen molar-refractivity contribution in [3.63, 3.8) is 0 Å². The Morgan fingerprint density at radius 3 is 2.41 bits per heavy atom. The molecule has 4 N–H and O–H groups in total. The van der Waals surface area contributed by atoms with E-state index < -0.39 is 5.91 Å². The molecule has 9 nitrogen and oxygen atoms in total. The Morgan fingerprint density at radius 1 is 1.26 bits per heavy atom. The lowest BCUT2D eigenvalue weighted by molar-refractivity contribution is -0.113. The van der Waals surface area contributed by atoms with Crippen molar-refractivity contribution in [2.45, 2.75) is 39.2 Å². The summed E-state index contributed by atoms with van der Waals surface area (Å²) < 4.78 is 10.1. The van der Waals surface area contributed by atoms with E-state index in [1.165, 1.54) is 0 Å². The van der Waals surface area contributed by atoms with Gasteiger partial charge >= 0.3 is 6.09 Å². The highest BCUT2D eigenvalue weighted by Gasteiger charge is 2.23. The fourth-order valence-corrected chi connectivity index (χ4v) is 2.98. The number of carbonyl (C=O) groups excluding carboxylic acids is 2. The summed E-state index contributed by atoms with van der Waals surface area (Å²) in [6.45, 7) is 10.9. The number of amides is 2. The van der Waals surface area contributed by atoms with Crippen molar-refractivity contribution in [3.05, 3.63) is 47.6 Å². The van der Waals surface area contributed by atoms with Crippen LogP contribution in [0.3, 0.4) is 0 Å². The lowest BCUT2D eigenvalue weighted by Crippen LogP contribution is -2.34. The average Bonchev–Trinajstić information content (AvgIpc) is 3.29. The van der Waals surface area contributed by atoms with Gasteiger partial charge in [-0.3, -0.25) is 4.79 Å². The first kappa shape index (κ1) is 28.9. The van der Waals surface area contributed by atoms with Crippen molar-refractivity contribution in [1.82, 2.24) is 14.9 Å². The highest BCUT2D eigenvalue weighted by Crippen LogP contribution is 2.17. The van der Waals surface area contributed by atoms with Gasteiger partial charge in [-0.1, -0.05) is 24.2 Å². The van der Waals surface area contributed by atoms with Crippen LogP contribution in [0, 0.1) is 0 Å². The number of hydrogen-bond donors (Lipinski definition) is 2. The SMILES string of the molecule is C=CC(N)=O.CC(C)(C)OC(=O)N1CCCC1.COC/C(Cl)=C/c1ccc2nc(N)ncc2c1. The zero-order valence-corrected chi connectivity index (χ0v) is 21.0. The number of methoxy groups -OCH3 is 1. The second kappa shape index (κ2) is 14.2. The summed E-state index contributed by atoms with van der Waals surface area (Å²) >= 11 is 5.98. The van der Waals surface area contributed by atoms with Crippen LogP contribution < -0.4 is 11.5 Å². The first-order valence-corrected chi connectivity index (χ1v) is 11.1. The molecule has 186 valence electrons. The Morgan fingerprint density at radius 2 is 1.88 bits per heavy atom. The molecule has 0 spiro atoms. The van der Waals surface area contributed by atoms with E-state index in [2.05, 4.69) is 22.3 Å². The molecule has 0 radical (unpaired) electrons. The number of nitrogen functional groups attached to an aromatic ring is 1. The average molecular weight is 492 g/mol. The number of primary amides is 1. The second-order valence-electron chi connectivity index (χ2n) is 8.35. The van der Waals surface area contributed by atoms with E-state index in [0.717, 1.165) is 48.5 Å². The van der Waals surface area contributed by atoms with Gasteiger partial charge in [0.2, 0.25) is 11.9 Å². The zero-order valence-electron chi connectivity index (χ0n) is 20.2. The monoisotopic (exact) mass is 491 g/mol. The maximum Gasteiger partial charge on any atom is 0.410 e. The number of aromatic nitrogens is 2. The van der Waals surface area contributed by atoms with Crippen molar-refractivity contribution in [2.24, 2.45) is 5.73 Å². The number of fused-ring (bicyclic) bond motifs is 1. The minimum absolute atomic E-state index is 0.167. The number of carbonyl (C=O) groups is 2. The van der Waals surface area contributed by atoms with Crippen LogP contribution >= 0.6 is 11.6 Å². The number of halogens is 1. The van der Waals surface area contributed by atoms with Crippen molar-refractivity contribution in [2.75, 3.05) is 32.5 Å². The largest absolute Gasteiger partial charge is 0.444 e. The fourth-order valence-electron chi connectivity index (χ4n) is 2.74. The van der Waals surface area contributed by atoms with Crippen molar-refractivity contribution in [1.29, 1.82) is 0 Å². The summed E-state index contributed by atoms with van der Waals surface area (Å²) in [5, 5.41) is 1.57. The highest BCUT2D eigenvalue weighted by molar-refractivity contribution is 6.31. The third kappa shape index (κ3) is 11.6. The van der Waals surface area contributed by atoms with Gasteiger partial charge in [0.1, 0.15) is 5.60 Å². The number of rotatable bonds is 4. The van der Waals surface area contributed by atoms with Gasteiger partial charge in [-0.25, -0.2) is 14.8 Å². The number of benzene rings is 1. The van der Waals surface area contributed by atoms with Gasteiger partial charge in [0.25, 0.3) is 0 Å². The van der Waals surface area contributed by atoms with Gasteiger partial charge in [0.05, 0.1) is 12.1 Å². The Bertz CT molecular complexity index is 999. The Labute approximate surface area is 205 Å². The molecule has 0 unspecified atom stereocenters. The van der Waals surface area contributed by atoms with Crippen LogP contribution in [0.5, 0.6) is 0 Å². The van der Waals surface area contributed by atoms with Gasteiger partial charge in [-0.05, 0) is 63.5 Å². The quantitative estimate of drug-likeness (QED) is 0.614. The molecule has 0 atom stereocenters. The minimum atomic E-state index is -0.481. The molecule has 2 heterocycles. The van der Waals surface area contributed by atoms with E-state index in [4.69, 9.17) is 26.8 Å². The molecule has 0 aliphatic carbocycles. The van der Waals surface area contributed by atoms with Crippen molar-refractivity contribution >= 4 is 46.5 Å². The predicted molar refractivity (Wildman–Crippen MR) is 136 cm³/mol. The van der Waals surface area contributed by atoms with Crippen molar-refractivity contribution in [3.8, 4) is 0 Å². The van der Waals surface area contributed by atoms with E-state index in [0.29, 0.717) is 11.6 Å². The Kier molecular flexibility index (Phi) is 12.0. The number of nitrogens with zero attached hydrogens (tertiary/aromatic N) is 3. The molecular weight excluding hydrogens is 458 g/mol. The molecular formula is C24H34ClN5O4. The highest BCUT2D eigenvalue weighted by atomic mass is 35.5. The molecule has 2 aromatic rings. The van der Waals surface area contributed by atoms with Gasteiger partial charge < -0.3 is 25.8 Å². The van der Waals surface area contributed by atoms with Gasteiger partial charge in [-0.15, -0.1) is 0 Å². The van der Waals surface area contributed by atoms with E-state index in [9.17, 15) is 9.59 Å². The summed E-state index contributed by atoms with van der Waals surface area (Å²) in [6, 6.07) is 5.76. The topological polar surface area (TPSA) is 134 Å². The summed E-state index contributed by atoms with van der Waals surface area (Å²) in [7, 11) is 1.60. The Hall–Kier alpha value is -3.17. The second-order valence-corrected chi connectivity index (χ2v) is 8.84. The molecule has 10 heteroatoms. The number of nitrogens with two attached hydrogens (primary N) is 2. The van der Waals surface area contributed by atoms with E-state index in [1.807, 2.05) is 45.0 Å². The summed E-state index contributed by atoms with van der Waals surface area (Å²) in [4.78, 5) is 30.7. The van der Waals surface area contributed by atoms with E-state index >= 15 is 0 Å². The maximum absolute atomic E-state index is 11.4. The Balaban J connectivity index is 0.000000296. The summed E-state index contributed by atoms with van der Waals surface area (Å²) in [5.41, 5.74) is 11.5. The van der Waals surface area contributed by atoms with Crippen LogP contribution in [0.15, 0.2) is 42.1 Å². The standard InChI is InChI=1S/C12H12ClN3O.C9H17NO2.C3H5NO/c1-17-7-10(13)5-8-2-3-11-9(4-8)6-15-12(14)16-11;1-9(2,3)12-8(11)10-6-4-5-7-10;1-2-3(4)5/h2-6H,7H2,1H3,(H2,14,15,16);4-7H2,1-3H3;2H,1H2,(H2,4,5)/b10-5-;;. The summed E-state index contributed by atoms with van der Waals surface area (Å²) in [5.74, 6) is -0.205. The molecule has 1 fully saturated rings. The molecule has 1 aliphatic rings.